The van der Waals surface area contributed by atoms with Crippen molar-refractivity contribution in [2.75, 3.05) is 18.9 Å². The molecule has 0 aliphatic carbocycles. The third-order valence-electron chi connectivity index (χ3n) is 5.47. The van der Waals surface area contributed by atoms with E-state index in [1.54, 1.807) is 0 Å². The third kappa shape index (κ3) is 3.64. The first kappa shape index (κ1) is 19.3. The Hall–Kier alpha value is -3.72. The van der Waals surface area contributed by atoms with E-state index in [1.807, 2.05) is 54.2 Å². The van der Waals surface area contributed by atoms with Crippen LogP contribution >= 0.6 is 0 Å². The van der Waals surface area contributed by atoms with Crippen molar-refractivity contribution in [3.05, 3.63) is 54.2 Å². The molecule has 0 aromatic carbocycles. The van der Waals surface area contributed by atoms with Crippen molar-refractivity contribution in [1.29, 1.82) is 0 Å². The zero-order valence-electron chi connectivity index (χ0n) is 17.1. The number of aryl methyl sites for hydroxylation is 1. The number of imidazole rings is 1. The maximum Gasteiger partial charge on any atom is 0.273 e. The van der Waals surface area contributed by atoms with Gasteiger partial charge >= 0.3 is 0 Å². The quantitative estimate of drug-likeness (QED) is 0.459. The molecule has 5 heterocycles. The first-order valence-electron chi connectivity index (χ1n) is 10.3. The van der Waals surface area contributed by atoms with E-state index in [2.05, 4.69) is 25.3 Å². The fourth-order valence-corrected chi connectivity index (χ4v) is 3.82. The molecule has 4 aromatic heterocycles. The number of nitrogens with one attached hydrogen (secondary N) is 2. The van der Waals surface area contributed by atoms with Gasteiger partial charge in [0.25, 0.3) is 5.91 Å². The lowest BCUT2D eigenvalue weighted by molar-refractivity contribution is 0.0854. The van der Waals surface area contributed by atoms with Crippen LogP contribution in [0.1, 0.15) is 29.0 Å². The van der Waals surface area contributed by atoms with E-state index < -0.39 is 0 Å². The van der Waals surface area contributed by atoms with Gasteiger partial charge in [-0.15, -0.1) is 0 Å². The average molecular weight is 417 g/mol. The zero-order chi connectivity index (χ0) is 21.4. The van der Waals surface area contributed by atoms with Crippen LogP contribution in [-0.2, 0) is 4.74 Å². The first-order valence-corrected chi connectivity index (χ1v) is 10.3. The Morgan fingerprint density at radius 2 is 2.23 bits per heavy atom. The number of hydrogen-bond acceptors (Lipinski definition) is 6. The molecule has 1 amide bonds. The lowest BCUT2D eigenvalue weighted by atomic mass is 10.1. The van der Waals surface area contributed by atoms with E-state index in [1.165, 1.54) is 0 Å². The van der Waals surface area contributed by atoms with Crippen molar-refractivity contribution < 1.29 is 9.53 Å². The second-order valence-electron chi connectivity index (χ2n) is 7.63. The second-order valence-corrected chi connectivity index (χ2v) is 7.63. The molecule has 31 heavy (non-hydrogen) atoms. The van der Waals surface area contributed by atoms with Gasteiger partial charge in [-0.05, 0) is 44.0 Å². The van der Waals surface area contributed by atoms with Crippen LogP contribution in [0.15, 0.2) is 42.9 Å². The highest BCUT2D eigenvalue weighted by atomic mass is 16.5. The van der Waals surface area contributed by atoms with E-state index >= 15 is 0 Å². The molecule has 9 nitrogen and oxygen atoms in total. The van der Waals surface area contributed by atoms with Gasteiger partial charge in [-0.1, -0.05) is 0 Å². The molecule has 0 spiro atoms. The Kier molecular flexibility index (Phi) is 4.87. The fraction of sp³-hybridized carbons (Fsp3) is 0.273. The molecule has 0 saturated carbocycles. The lowest BCUT2D eigenvalue weighted by Crippen LogP contribution is -2.33. The molecular weight excluding hydrogens is 394 g/mol. The number of carbonyl (C=O) groups excluding carboxylic acids is 1. The lowest BCUT2D eigenvalue weighted by Gasteiger charge is -2.14. The van der Waals surface area contributed by atoms with E-state index in [0.29, 0.717) is 17.9 Å². The fourth-order valence-electron chi connectivity index (χ4n) is 3.82. The number of aromatic nitrogens is 5. The summed E-state index contributed by atoms with van der Waals surface area (Å²) in [6.45, 7) is 3.13. The molecule has 4 N–H and O–H groups in total. The van der Waals surface area contributed by atoms with Gasteiger partial charge in [0.1, 0.15) is 17.0 Å². The first-order chi connectivity index (χ1) is 15.1. The molecular formula is C22H23N7O2. The van der Waals surface area contributed by atoms with Crippen LogP contribution in [0.5, 0.6) is 0 Å². The van der Waals surface area contributed by atoms with Crippen LogP contribution in [0.2, 0.25) is 0 Å². The Morgan fingerprint density at radius 1 is 1.32 bits per heavy atom. The third-order valence-corrected chi connectivity index (χ3v) is 5.47. The van der Waals surface area contributed by atoms with Crippen LogP contribution in [0.25, 0.3) is 28.3 Å². The summed E-state index contributed by atoms with van der Waals surface area (Å²) < 4.78 is 7.56. The predicted octanol–water partition coefficient (Wildman–Crippen LogP) is 2.59. The van der Waals surface area contributed by atoms with E-state index in [0.717, 1.165) is 42.0 Å². The van der Waals surface area contributed by atoms with Crippen molar-refractivity contribution in [2.24, 2.45) is 0 Å². The van der Waals surface area contributed by atoms with Crippen molar-refractivity contribution in [3.8, 4) is 22.6 Å². The molecule has 1 saturated heterocycles. The standard InChI is InChI=1S/C22H23N7O2/c1-13-10-25-17-7-6-14(12-29(13)17)18-19(16-5-2-8-24-16)28-21(23)20(27-18)22(30)26-11-15-4-3-9-31-15/h2,5-8,10,12,15,24H,3-4,9,11H2,1H3,(H2,23,28)(H,26,30). The molecule has 1 fully saturated rings. The molecule has 1 unspecified atom stereocenters. The van der Waals surface area contributed by atoms with Crippen LogP contribution in [0.4, 0.5) is 5.82 Å². The van der Waals surface area contributed by atoms with Crippen molar-refractivity contribution in [2.45, 2.75) is 25.9 Å². The summed E-state index contributed by atoms with van der Waals surface area (Å²) in [5, 5.41) is 2.88. The van der Waals surface area contributed by atoms with Gasteiger partial charge in [0.05, 0.1) is 11.8 Å². The Labute approximate surface area is 178 Å². The van der Waals surface area contributed by atoms with Crippen molar-refractivity contribution in [3.63, 3.8) is 0 Å². The van der Waals surface area contributed by atoms with Gasteiger partial charge in [0.15, 0.2) is 11.5 Å². The van der Waals surface area contributed by atoms with Crippen LogP contribution < -0.4 is 11.1 Å². The summed E-state index contributed by atoms with van der Waals surface area (Å²) in [4.78, 5) is 29.6. The van der Waals surface area contributed by atoms with Crippen LogP contribution in [0, 0.1) is 6.92 Å². The second kappa shape index (κ2) is 7.84. The molecule has 158 valence electrons. The summed E-state index contributed by atoms with van der Waals surface area (Å²) in [5.74, 6) is -0.280. The molecule has 0 radical (unpaired) electrons. The molecule has 1 atom stereocenters. The average Bonchev–Trinajstić information content (AvgIpc) is 3.55. The minimum atomic E-state index is -0.361. The number of nitrogen functional groups attached to an aromatic ring is 1. The smallest absolute Gasteiger partial charge is 0.273 e. The number of ether oxygens (including phenoxy) is 1. The number of rotatable bonds is 5. The number of amides is 1. The number of H-pyrrole nitrogens is 1. The molecule has 1 aliphatic rings. The molecule has 5 rings (SSSR count). The number of carbonyl (C=O) groups is 1. The number of fused-ring (bicyclic) bond motifs is 1. The number of aromatic amines is 1. The Bertz CT molecular complexity index is 1240. The van der Waals surface area contributed by atoms with Crippen LogP contribution in [-0.4, -0.2) is 49.5 Å². The number of nitrogens with zero attached hydrogens (tertiary/aromatic N) is 4. The Morgan fingerprint density at radius 3 is 3.00 bits per heavy atom. The summed E-state index contributed by atoms with van der Waals surface area (Å²) >= 11 is 0. The maximum absolute atomic E-state index is 12.9. The van der Waals surface area contributed by atoms with E-state index in [9.17, 15) is 4.79 Å². The Balaban J connectivity index is 1.57. The topological polar surface area (TPSA) is 123 Å². The highest BCUT2D eigenvalue weighted by Crippen LogP contribution is 2.30. The molecule has 0 bridgehead atoms. The summed E-state index contributed by atoms with van der Waals surface area (Å²) in [6.07, 6.45) is 7.53. The summed E-state index contributed by atoms with van der Waals surface area (Å²) in [6, 6.07) is 7.60. The molecule has 9 heteroatoms. The summed E-state index contributed by atoms with van der Waals surface area (Å²) in [7, 11) is 0. The number of anilines is 1. The van der Waals surface area contributed by atoms with E-state index in [-0.39, 0.29) is 23.5 Å². The van der Waals surface area contributed by atoms with Gasteiger partial charge in [-0.3, -0.25) is 4.79 Å². The SMILES string of the molecule is Cc1cnc2ccc(-c3nc(C(=O)NCC4CCCO4)c(N)nc3-c3ccc[nH]3)cn12. The zero-order valence-corrected chi connectivity index (χ0v) is 17.1. The van der Waals surface area contributed by atoms with Crippen LogP contribution in [0.3, 0.4) is 0 Å². The van der Waals surface area contributed by atoms with Crippen molar-refractivity contribution in [1.82, 2.24) is 29.7 Å². The highest BCUT2D eigenvalue weighted by Gasteiger charge is 2.22. The maximum atomic E-state index is 12.9. The highest BCUT2D eigenvalue weighted by molar-refractivity contribution is 5.97. The molecule has 1 aliphatic heterocycles. The number of hydrogen-bond donors (Lipinski definition) is 3. The number of nitrogens with two attached hydrogens (primary N) is 1. The monoisotopic (exact) mass is 417 g/mol. The minimum absolute atomic E-state index is 0.0300. The van der Waals surface area contributed by atoms with Gasteiger partial charge in [-0.2, -0.15) is 0 Å². The normalized spacial score (nSPS) is 16.1. The predicted molar refractivity (Wildman–Crippen MR) is 116 cm³/mol. The van der Waals surface area contributed by atoms with E-state index in [4.69, 9.17) is 10.5 Å². The van der Waals surface area contributed by atoms with Gasteiger partial charge in [0.2, 0.25) is 0 Å². The van der Waals surface area contributed by atoms with Gasteiger partial charge in [0, 0.05) is 43.0 Å². The molecule has 4 aromatic rings. The van der Waals surface area contributed by atoms with Gasteiger partial charge in [-0.25, -0.2) is 15.0 Å². The summed E-state index contributed by atoms with van der Waals surface area (Å²) in [5.41, 5.74) is 10.8. The largest absolute Gasteiger partial charge is 0.382 e. The van der Waals surface area contributed by atoms with Crippen molar-refractivity contribution >= 4 is 17.4 Å². The van der Waals surface area contributed by atoms with Gasteiger partial charge < -0.3 is 25.2 Å². The number of pyridine rings is 1. The minimum Gasteiger partial charge on any atom is -0.382 e.